The second-order valence-corrected chi connectivity index (χ2v) is 7.41. The van der Waals surface area contributed by atoms with Crippen LogP contribution in [0.15, 0.2) is 11.4 Å². The molecule has 1 heterocycles. The first-order valence-corrected chi connectivity index (χ1v) is 6.21. The van der Waals surface area contributed by atoms with Gasteiger partial charge in [0.1, 0.15) is 0 Å². The Bertz CT molecular complexity index is 298. The summed E-state index contributed by atoms with van der Waals surface area (Å²) in [6.45, 7) is 19.2. The summed E-state index contributed by atoms with van der Waals surface area (Å²) in [5.41, 5.74) is 3.33. The van der Waals surface area contributed by atoms with Gasteiger partial charge in [0.15, 0.2) is 0 Å². The number of hydrogen-bond donors (Lipinski definition) is 2. The molecular formula is C14H28N2. The molecule has 0 aliphatic carbocycles. The summed E-state index contributed by atoms with van der Waals surface area (Å²) >= 11 is 0. The Morgan fingerprint density at radius 2 is 1.19 bits per heavy atom. The van der Waals surface area contributed by atoms with E-state index in [4.69, 9.17) is 0 Å². The standard InChI is InChI=1S/C14H28N2/c1-12(2,3)10-11(16-9-15-10)14(7,8)13(4,5)6/h15-16H,9H2,1-8H3. The van der Waals surface area contributed by atoms with Crippen LogP contribution >= 0.6 is 0 Å². The molecule has 16 heavy (non-hydrogen) atoms. The molecule has 0 saturated carbocycles. The third-order valence-electron chi connectivity index (χ3n) is 4.03. The van der Waals surface area contributed by atoms with Gasteiger partial charge in [0.05, 0.1) is 6.67 Å². The van der Waals surface area contributed by atoms with Gasteiger partial charge in [0.25, 0.3) is 0 Å². The molecule has 0 aromatic rings. The molecule has 2 N–H and O–H groups in total. The van der Waals surface area contributed by atoms with Crippen molar-refractivity contribution in [2.24, 2.45) is 16.2 Å². The molecule has 0 aromatic carbocycles. The van der Waals surface area contributed by atoms with Crippen LogP contribution in [0.5, 0.6) is 0 Å². The summed E-state index contributed by atoms with van der Waals surface area (Å²) in [4.78, 5) is 0. The van der Waals surface area contributed by atoms with E-state index in [0.717, 1.165) is 6.67 Å². The van der Waals surface area contributed by atoms with Crippen LogP contribution in [0, 0.1) is 16.2 Å². The molecule has 0 unspecified atom stereocenters. The Hall–Kier alpha value is -0.660. The van der Waals surface area contributed by atoms with Gasteiger partial charge in [0, 0.05) is 22.2 Å². The fourth-order valence-electron chi connectivity index (χ4n) is 1.95. The molecule has 1 aliphatic heterocycles. The first kappa shape index (κ1) is 13.4. The Balaban J connectivity index is 3.21. The first-order chi connectivity index (χ1) is 6.98. The molecule has 0 radical (unpaired) electrons. The van der Waals surface area contributed by atoms with E-state index in [9.17, 15) is 0 Å². The molecule has 2 heteroatoms. The highest BCUT2D eigenvalue weighted by atomic mass is 15.2. The van der Waals surface area contributed by atoms with Gasteiger partial charge in [0.2, 0.25) is 0 Å². The molecule has 0 fully saturated rings. The summed E-state index contributed by atoms with van der Waals surface area (Å²) in [6.07, 6.45) is 0. The normalized spacial score (nSPS) is 18.5. The highest BCUT2D eigenvalue weighted by Gasteiger charge is 2.41. The molecule has 1 aliphatic rings. The van der Waals surface area contributed by atoms with E-state index in [2.05, 4.69) is 66.0 Å². The Morgan fingerprint density at radius 1 is 0.750 bits per heavy atom. The van der Waals surface area contributed by atoms with Crippen molar-refractivity contribution in [3.63, 3.8) is 0 Å². The van der Waals surface area contributed by atoms with Crippen LogP contribution in [0.3, 0.4) is 0 Å². The lowest BCUT2D eigenvalue weighted by Gasteiger charge is -2.41. The molecule has 0 amide bonds. The number of rotatable bonds is 1. The van der Waals surface area contributed by atoms with Crippen LogP contribution in [0.4, 0.5) is 0 Å². The number of nitrogens with one attached hydrogen (secondary N) is 2. The third kappa shape index (κ3) is 2.21. The highest BCUT2D eigenvalue weighted by Crippen LogP contribution is 2.46. The largest absolute Gasteiger partial charge is 0.369 e. The van der Waals surface area contributed by atoms with Crippen molar-refractivity contribution in [3.05, 3.63) is 11.4 Å². The van der Waals surface area contributed by atoms with E-state index in [1.54, 1.807) is 0 Å². The molecule has 0 bridgehead atoms. The van der Waals surface area contributed by atoms with E-state index in [0.29, 0.717) is 0 Å². The van der Waals surface area contributed by atoms with Crippen LogP contribution in [-0.2, 0) is 0 Å². The first-order valence-electron chi connectivity index (χ1n) is 6.21. The van der Waals surface area contributed by atoms with Crippen molar-refractivity contribution >= 4 is 0 Å². The van der Waals surface area contributed by atoms with E-state index >= 15 is 0 Å². The minimum absolute atomic E-state index is 0.152. The van der Waals surface area contributed by atoms with Crippen molar-refractivity contribution in [1.82, 2.24) is 10.6 Å². The molecule has 0 atom stereocenters. The van der Waals surface area contributed by atoms with Gasteiger partial charge in [-0.1, -0.05) is 55.4 Å². The molecule has 0 spiro atoms. The summed E-state index contributed by atoms with van der Waals surface area (Å²) in [5, 5.41) is 7.02. The van der Waals surface area contributed by atoms with Crippen LogP contribution in [0.2, 0.25) is 0 Å². The van der Waals surface area contributed by atoms with Crippen LogP contribution < -0.4 is 10.6 Å². The lowest BCUT2D eigenvalue weighted by Crippen LogP contribution is -2.37. The quantitative estimate of drug-likeness (QED) is 0.712. The van der Waals surface area contributed by atoms with Gasteiger partial charge in [-0.2, -0.15) is 0 Å². The zero-order valence-electron chi connectivity index (χ0n) is 12.2. The van der Waals surface area contributed by atoms with Gasteiger partial charge < -0.3 is 10.6 Å². The van der Waals surface area contributed by atoms with Crippen molar-refractivity contribution < 1.29 is 0 Å². The summed E-state index contributed by atoms with van der Waals surface area (Å²) in [7, 11) is 0. The van der Waals surface area contributed by atoms with Gasteiger partial charge >= 0.3 is 0 Å². The zero-order valence-corrected chi connectivity index (χ0v) is 12.2. The number of hydrogen-bond acceptors (Lipinski definition) is 2. The van der Waals surface area contributed by atoms with Gasteiger partial charge in [-0.05, 0) is 5.41 Å². The predicted octanol–water partition coefficient (Wildman–Crippen LogP) is 3.47. The SMILES string of the molecule is CC(C)(C)C1=C(C(C)(C)C(C)(C)C)NCN1. The molecule has 0 saturated heterocycles. The number of allylic oxidation sites excluding steroid dienone is 2. The Kier molecular flexibility index (Phi) is 3.08. The smallest absolute Gasteiger partial charge is 0.0845 e. The average molecular weight is 224 g/mol. The molecule has 94 valence electrons. The fourth-order valence-corrected chi connectivity index (χ4v) is 1.95. The monoisotopic (exact) mass is 224 g/mol. The van der Waals surface area contributed by atoms with E-state index < -0.39 is 0 Å². The molecule has 0 aromatic heterocycles. The van der Waals surface area contributed by atoms with Crippen LogP contribution in [0.25, 0.3) is 0 Å². The van der Waals surface area contributed by atoms with E-state index in [-0.39, 0.29) is 16.2 Å². The lowest BCUT2D eigenvalue weighted by atomic mass is 9.66. The van der Waals surface area contributed by atoms with Gasteiger partial charge in [-0.25, -0.2) is 0 Å². The Morgan fingerprint density at radius 3 is 1.56 bits per heavy atom. The van der Waals surface area contributed by atoms with Crippen LogP contribution in [-0.4, -0.2) is 6.67 Å². The van der Waals surface area contributed by atoms with Crippen molar-refractivity contribution in [1.29, 1.82) is 0 Å². The maximum atomic E-state index is 3.53. The van der Waals surface area contributed by atoms with Gasteiger partial charge in [-0.3, -0.25) is 0 Å². The van der Waals surface area contributed by atoms with Gasteiger partial charge in [-0.15, -0.1) is 0 Å². The second kappa shape index (κ2) is 3.68. The maximum Gasteiger partial charge on any atom is 0.0845 e. The highest BCUT2D eigenvalue weighted by molar-refractivity contribution is 5.27. The molecule has 2 nitrogen and oxygen atoms in total. The minimum Gasteiger partial charge on any atom is -0.369 e. The predicted molar refractivity (Wildman–Crippen MR) is 70.9 cm³/mol. The summed E-state index contributed by atoms with van der Waals surface area (Å²) in [6, 6.07) is 0. The van der Waals surface area contributed by atoms with Crippen molar-refractivity contribution in [3.8, 4) is 0 Å². The summed E-state index contributed by atoms with van der Waals surface area (Å²) < 4.78 is 0. The zero-order chi connectivity index (χ0) is 12.8. The molecular weight excluding hydrogens is 196 g/mol. The minimum atomic E-state index is 0.152. The second-order valence-electron chi connectivity index (χ2n) is 7.41. The van der Waals surface area contributed by atoms with Crippen molar-refractivity contribution in [2.45, 2.75) is 55.4 Å². The van der Waals surface area contributed by atoms with E-state index in [1.807, 2.05) is 0 Å². The van der Waals surface area contributed by atoms with Crippen LogP contribution in [0.1, 0.15) is 55.4 Å². The third-order valence-corrected chi connectivity index (χ3v) is 4.03. The summed E-state index contributed by atoms with van der Waals surface area (Å²) in [5.74, 6) is 0. The van der Waals surface area contributed by atoms with E-state index in [1.165, 1.54) is 11.4 Å². The average Bonchev–Trinajstić information content (AvgIpc) is 2.47. The fraction of sp³-hybridized carbons (Fsp3) is 0.857. The Labute approximate surface area is 101 Å². The maximum absolute atomic E-state index is 3.53. The molecule has 1 rings (SSSR count). The topological polar surface area (TPSA) is 24.1 Å². The lowest BCUT2D eigenvalue weighted by molar-refractivity contribution is 0.166. The van der Waals surface area contributed by atoms with Crippen molar-refractivity contribution in [2.75, 3.05) is 6.67 Å².